The van der Waals surface area contributed by atoms with Crippen molar-refractivity contribution in [3.63, 3.8) is 0 Å². The topological polar surface area (TPSA) is 34.1 Å². The number of benzene rings is 5. The molecule has 0 heterocycles. The number of carbonyl (C=O) groups excluding carboxylic acids is 2. The monoisotopic (exact) mass is 542 g/mol. The summed E-state index contributed by atoms with van der Waals surface area (Å²) in [4.78, 5) is 27.2. The van der Waals surface area contributed by atoms with Crippen molar-refractivity contribution in [2.45, 2.75) is 6.92 Å². The third kappa shape index (κ3) is 4.88. The smallest absolute Gasteiger partial charge is 0.229 e. The van der Waals surface area contributed by atoms with Gasteiger partial charge >= 0.3 is 0 Å². The average molecular weight is 543 g/mol. The molecule has 0 amide bonds. The van der Waals surface area contributed by atoms with Crippen molar-refractivity contribution < 1.29 is 9.59 Å². The summed E-state index contributed by atoms with van der Waals surface area (Å²) in [5.41, 5.74) is 8.48. The zero-order chi connectivity index (χ0) is 29.2. The predicted molar refractivity (Wildman–Crippen MR) is 172 cm³/mol. The van der Waals surface area contributed by atoms with E-state index in [2.05, 4.69) is 61.7 Å². The second-order valence-corrected chi connectivity index (χ2v) is 10.6. The van der Waals surface area contributed by atoms with Gasteiger partial charge in [-0.05, 0) is 55.0 Å². The van der Waals surface area contributed by atoms with Gasteiger partial charge in [-0.1, -0.05) is 154 Å². The van der Waals surface area contributed by atoms with Crippen molar-refractivity contribution in [1.82, 2.24) is 0 Å². The van der Waals surface area contributed by atoms with E-state index in [1.807, 2.05) is 84.9 Å². The van der Waals surface area contributed by atoms with Crippen LogP contribution in [-0.4, -0.2) is 11.6 Å². The maximum absolute atomic E-state index is 13.6. The van der Waals surface area contributed by atoms with Gasteiger partial charge in [-0.25, -0.2) is 0 Å². The van der Waals surface area contributed by atoms with Crippen LogP contribution in [0.25, 0.3) is 33.4 Å². The van der Waals surface area contributed by atoms with Gasteiger partial charge in [0.25, 0.3) is 0 Å². The number of carbonyl (C=O) groups is 2. The highest BCUT2D eigenvalue weighted by atomic mass is 16.2. The molecule has 202 valence electrons. The Morgan fingerprint density at radius 3 is 1.29 bits per heavy atom. The maximum Gasteiger partial charge on any atom is 0.229 e. The molecule has 0 N–H and O–H groups in total. The summed E-state index contributed by atoms with van der Waals surface area (Å²) < 4.78 is 0. The minimum atomic E-state index is -0.703. The number of hydrogen-bond acceptors (Lipinski definition) is 2. The molecule has 2 nitrogen and oxygen atoms in total. The average Bonchev–Trinajstić information content (AvgIpc) is 3.07. The van der Waals surface area contributed by atoms with Crippen molar-refractivity contribution in [3.05, 3.63) is 179 Å². The van der Waals surface area contributed by atoms with Gasteiger partial charge in [-0.2, -0.15) is 0 Å². The summed E-state index contributed by atoms with van der Waals surface area (Å²) in [7, 11) is 0. The lowest BCUT2D eigenvalue weighted by molar-refractivity contribution is -0.135. The van der Waals surface area contributed by atoms with Crippen LogP contribution in [0.2, 0.25) is 0 Å². The molecule has 0 aliphatic heterocycles. The molecule has 1 atom stereocenters. The normalized spacial score (nSPS) is 18.2. The van der Waals surface area contributed by atoms with Crippen molar-refractivity contribution in [2.24, 2.45) is 5.92 Å². The zero-order valence-electron chi connectivity index (χ0n) is 23.5. The summed E-state index contributed by atoms with van der Waals surface area (Å²) in [6.07, 6.45) is 0. The maximum atomic E-state index is 13.6. The highest BCUT2D eigenvalue weighted by Crippen LogP contribution is 2.31. The largest absolute Gasteiger partial charge is 0.290 e. The lowest BCUT2D eigenvalue weighted by Crippen LogP contribution is -2.31. The standard InChI is InChI=1S/C40H30O2/c1-26-27(2)39(41)40(42)28(3)38(34-24-20-32(21-25-34)30-14-8-5-9-15-30)36-17-11-10-16-35(36)37(26)33-22-18-31(19-23-33)29-12-6-4-7-13-29/h4-25,27H,1,3H2,2H3/b37-35+,38-36+. The molecular weight excluding hydrogens is 512 g/mol. The summed E-state index contributed by atoms with van der Waals surface area (Å²) >= 11 is 0. The Labute approximate surface area is 246 Å². The van der Waals surface area contributed by atoms with E-state index in [-0.39, 0.29) is 5.57 Å². The second-order valence-electron chi connectivity index (χ2n) is 10.6. The number of rotatable bonds is 4. The first-order valence-electron chi connectivity index (χ1n) is 14.1. The molecule has 2 heteroatoms. The van der Waals surface area contributed by atoms with Crippen molar-refractivity contribution in [2.75, 3.05) is 0 Å². The predicted octanol–water partition coefficient (Wildman–Crippen LogP) is 7.32. The molecule has 6 rings (SSSR count). The lowest BCUT2D eigenvalue weighted by Gasteiger charge is -2.17. The Balaban J connectivity index is 1.63. The van der Waals surface area contributed by atoms with Gasteiger partial charge in [0.1, 0.15) is 0 Å². The van der Waals surface area contributed by atoms with Gasteiger partial charge in [0, 0.05) is 17.1 Å². The minimum absolute atomic E-state index is 0.195. The number of ketones is 2. The zero-order valence-corrected chi connectivity index (χ0v) is 23.5. The van der Waals surface area contributed by atoms with E-state index in [9.17, 15) is 9.59 Å². The molecule has 0 bridgehead atoms. The molecule has 1 aliphatic rings. The fraction of sp³-hybridized carbons (Fsp3) is 0.0500. The molecule has 42 heavy (non-hydrogen) atoms. The Hall–Kier alpha value is -5.34. The molecule has 0 aromatic heterocycles. The molecule has 0 saturated carbocycles. The van der Waals surface area contributed by atoms with Crippen LogP contribution in [0.4, 0.5) is 0 Å². The first kappa shape index (κ1) is 26.9. The molecule has 0 spiro atoms. The Morgan fingerprint density at radius 1 is 0.452 bits per heavy atom. The van der Waals surface area contributed by atoms with Crippen molar-refractivity contribution in [3.8, 4) is 22.3 Å². The van der Waals surface area contributed by atoms with E-state index in [0.717, 1.165) is 49.4 Å². The summed E-state index contributed by atoms with van der Waals surface area (Å²) in [6, 6.07) is 44.7. The van der Waals surface area contributed by atoms with E-state index >= 15 is 0 Å². The SMILES string of the molecule is C=C1C(=O)C(=O)C(C)C(=C)/C(c2ccc(-c3ccccc3)cc2)=c2/cccc/c2=C/1c1ccc(-c2ccccc2)cc1. The molecule has 0 fully saturated rings. The fourth-order valence-electron chi connectivity index (χ4n) is 5.68. The molecule has 5 aromatic rings. The third-order valence-electron chi connectivity index (χ3n) is 8.06. The van der Waals surface area contributed by atoms with E-state index in [1.54, 1.807) is 6.92 Å². The van der Waals surface area contributed by atoms with Crippen molar-refractivity contribution in [1.29, 1.82) is 0 Å². The Morgan fingerprint density at radius 2 is 0.810 bits per heavy atom. The van der Waals surface area contributed by atoms with Gasteiger partial charge in [-0.15, -0.1) is 0 Å². The minimum Gasteiger partial charge on any atom is -0.290 e. The van der Waals surface area contributed by atoms with E-state index in [1.165, 1.54) is 0 Å². The highest BCUT2D eigenvalue weighted by Gasteiger charge is 2.31. The van der Waals surface area contributed by atoms with Gasteiger partial charge in [0.2, 0.25) is 11.6 Å². The molecule has 1 aliphatic carbocycles. The fourth-order valence-corrected chi connectivity index (χ4v) is 5.68. The molecular formula is C40H30O2. The summed E-state index contributed by atoms with van der Waals surface area (Å²) in [5.74, 6) is -1.79. The van der Waals surface area contributed by atoms with Crippen molar-refractivity contribution >= 4 is 22.7 Å². The van der Waals surface area contributed by atoms with Crippen LogP contribution in [-0.2, 0) is 9.59 Å². The first-order chi connectivity index (χ1) is 20.4. The summed E-state index contributed by atoms with van der Waals surface area (Å²) in [5, 5.41) is 1.75. The van der Waals surface area contributed by atoms with E-state index in [0.29, 0.717) is 11.1 Å². The van der Waals surface area contributed by atoms with E-state index in [4.69, 9.17) is 0 Å². The highest BCUT2D eigenvalue weighted by molar-refractivity contribution is 6.48. The third-order valence-corrected chi connectivity index (χ3v) is 8.06. The van der Waals surface area contributed by atoms with Crippen LogP contribution in [0.3, 0.4) is 0 Å². The molecule has 0 saturated heterocycles. The van der Waals surface area contributed by atoms with Gasteiger partial charge < -0.3 is 0 Å². The van der Waals surface area contributed by atoms with E-state index < -0.39 is 17.5 Å². The number of Topliss-reactive ketones (excluding diaryl/α,β-unsaturated/α-hetero) is 2. The van der Waals surface area contributed by atoms with Gasteiger partial charge in [0.15, 0.2) is 0 Å². The molecule has 5 aromatic carbocycles. The molecule has 0 radical (unpaired) electrons. The second kappa shape index (κ2) is 11.3. The summed E-state index contributed by atoms with van der Waals surface area (Å²) in [6.45, 7) is 10.3. The van der Waals surface area contributed by atoms with Crippen LogP contribution in [0.5, 0.6) is 0 Å². The first-order valence-corrected chi connectivity index (χ1v) is 14.1. The van der Waals surface area contributed by atoms with Crippen LogP contribution >= 0.6 is 0 Å². The quantitative estimate of drug-likeness (QED) is 0.176. The van der Waals surface area contributed by atoms with Crippen LogP contribution < -0.4 is 10.4 Å². The van der Waals surface area contributed by atoms with Gasteiger partial charge in [-0.3, -0.25) is 9.59 Å². The lowest BCUT2D eigenvalue weighted by atomic mass is 9.84. The number of fused-ring (bicyclic) bond motifs is 1. The van der Waals surface area contributed by atoms with Gasteiger partial charge in [0.05, 0.1) is 0 Å². The number of hydrogen-bond donors (Lipinski definition) is 0. The number of allylic oxidation sites excluding steroid dienone is 2. The Kier molecular flexibility index (Phi) is 7.21. The van der Waals surface area contributed by atoms with Crippen LogP contribution in [0, 0.1) is 5.92 Å². The molecule has 1 unspecified atom stereocenters. The Bertz CT molecular complexity index is 1960. The van der Waals surface area contributed by atoms with Crippen LogP contribution in [0.1, 0.15) is 18.1 Å². The van der Waals surface area contributed by atoms with Crippen LogP contribution in [0.15, 0.2) is 158 Å².